The van der Waals surface area contributed by atoms with Crippen molar-refractivity contribution in [2.24, 2.45) is 12.8 Å². The number of rotatable bonds is 6. The lowest BCUT2D eigenvalue weighted by Crippen LogP contribution is -2.08. The summed E-state index contributed by atoms with van der Waals surface area (Å²) in [5.41, 5.74) is 13.5. The number of aryl methyl sites for hydroxylation is 2. The molecule has 2 N–H and O–H groups in total. The minimum atomic E-state index is 0.254. The zero-order valence-electron chi connectivity index (χ0n) is 17.1. The van der Waals surface area contributed by atoms with Gasteiger partial charge in [-0.05, 0) is 25.0 Å². The highest BCUT2D eigenvalue weighted by molar-refractivity contribution is 5.80. The molecular formula is C21H29N5O. The molecule has 0 saturated heterocycles. The average Bonchev–Trinajstić information content (AvgIpc) is 2.96. The molecule has 3 rings (SSSR count). The second kappa shape index (κ2) is 7.74. The fraction of sp³-hybridized carbons (Fsp3) is 0.476. The molecule has 0 radical (unpaired) electrons. The quantitative estimate of drug-likeness (QED) is 0.719. The van der Waals surface area contributed by atoms with Crippen LogP contribution in [0.1, 0.15) is 55.3 Å². The van der Waals surface area contributed by atoms with Crippen LogP contribution >= 0.6 is 0 Å². The van der Waals surface area contributed by atoms with Crippen molar-refractivity contribution in [1.29, 1.82) is 0 Å². The lowest BCUT2D eigenvalue weighted by atomic mass is 10.0. The summed E-state index contributed by atoms with van der Waals surface area (Å²) in [5, 5.41) is 0. The summed E-state index contributed by atoms with van der Waals surface area (Å²) in [6.45, 7) is 9.43. The SMILES string of the molecule is COCC(C)c1cn(C)c2nc(-c3ccc(C(C)C)nc3CN)c(C)nc12. The lowest BCUT2D eigenvalue weighted by molar-refractivity contribution is 0.184. The molecule has 0 spiro atoms. The Hall–Kier alpha value is -2.31. The van der Waals surface area contributed by atoms with Gasteiger partial charge >= 0.3 is 0 Å². The smallest absolute Gasteiger partial charge is 0.159 e. The number of aromatic nitrogens is 4. The first kappa shape index (κ1) is 19.5. The van der Waals surface area contributed by atoms with Gasteiger partial charge in [0.25, 0.3) is 0 Å². The summed E-state index contributed by atoms with van der Waals surface area (Å²) in [5.74, 6) is 0.613. The van der Waals surface area contributed by atoms with E-state index in [-0.39, 0.29) is 5.92 Å². The molecule has 1 atom stereocenters. The average molecular weight is 367 g/mol. The Morgan fingerprint density at radius 2 is 1.89 bits per heavy atom. The second-order valence-electron chi connectivity index (χ2n) is 7.47. The molecule has 6 nitrogen and oxygen atoms in total. The van der Waals surface area contributed by atoms with Gasteiger partial charge in [0, 0.05) is 49.6 Å². The number of hydrogen-bond acceptors (Lipinski definition) is 5. The first-order valence-electron chi connectivity index (χ1n) is 9.40. The van der Waals surface area contributed by atoms with Crippen molar-refractivity contribution < 1.29 is 4.74 Å². The van der Waals surface area contributed by atoms with Gasteiger partial charge in [0.15, 0.2) is 5.65 Å². The summed E-state index contributed by atoms with van der Waals surface area (Å²) in [6.07, 6.45) is 2.10. The topological polar surface area (TPSA) is 78.8 Å². The van der Waals surface area contributed by atoms with Crippen molar-refractivity contribution in [3.63, 3.8) is 0 Å². The first-order valence-corrected chi connectivity index (χ1v) is 9.40. The van der Waals surface area contributed by atoms with Crippen molar-refractivity contribution in [2.75, 3.05) is 13.7 Å². The lowest BCUT2D eigenvalue weighted by Gasteiger charge is -2.13. The monoisotopic (exact) mass is 367 g/mol. The van der Waals surface area contributed by atoms with Crippen LogP contribution in [-0.4, -0.2) is 33.2 Å². The maximum atomic E-state index is 6.00. The summed E-state index contributed by atoms with van der Waals surface area (Å²) in [6, 6.07) is 4.13. The van der Waals surface area contributed by atoms with Gasteiger partial charge in [0.1, 0.15) is 5.52 Å². The molecule has 1 unspecified atom stereocenters. The zero-order chi connectivity index (χ0) is 19.7. The molecule has 0 fully saturated rings. The Morgan fingerprint density at radius 3 is 2.52 bits per heavy atom. The second-order valence-corrected chi connectivity index (χ2v) is 7.47. The zero-order valence-corrected chi connectivity index (χ0v) is 17.1. The normalized spacial score (nSPS) is 12.9. The van der Waals surface area contributed by atoms with E-state index in [9.17, 15) is 0 Å². The van der Waals surface area contributed by atoms with E-state index >= 15 is 0 Å². The molecule has 6 heteroatoms. The van der Waals surface area contributed by atoms with E-state index in [4.69, 9.17) is 25.4 Å². The Kier molecular flexibility index (Phi) is 5.58. The number of nitrogens with zero attached hydrogens (tertiary/aromatic N) is 4. The van der Waals surface area contributed by atoms with Crippen molar-refractivity contribution in [3.8, 4) is 11.3 Å². The summed E-state index contributed by atoms with van der Waals surface area (Å²) < 4.78 is 7.35. The van der Waals surface area contributed by atoms with Crippen LogP contribution in [0.3, 0.4) is 0 Å². The third kappa shape index (κ3) is 3.59. The molecule has 0 aromatic carbocycles. The van der Waals surface area contributed by atoms with E-state index in [1.54, 1.807) is 7.11 Å². The summed E-state index contributed by atoms with van der Waals surface area (Å²) >= 11 is 0. The van der Waals surface area contributed by atoms with Crippen molar-refractivity contribution in [1.82, 2.24) is 19.5 Å². The van der Waals surface area contributed by atoms with Crippen molar-refractivity contribution >= 4 is 11.2 Å². The van der Waals surface area contributed by atoms with Gasteiger partial charge in [-0.1, -0.05) is 20.8 Å². The van der Waals surface area contributed by atoms with Crippen LogP contribution in [0.5, 0.6) is 0 Å². The minimum Gasteiger partial charge on any atom is -0.384 e. The molecular weight excluding hydrogens is 338 g/mol. The maximum absolute atomic E-state index is 6.00. The molecule has 27 heavy (non-hydrogen) atoms. The first-order chi connectivity index (χ1) is 12.9. The van der Waals surface area contributed by atoms with Crippen LogP contribution in [0.2, 0.25) is 0 Å². The Balaban J connectivity index is 2.17. The molecule has 144 valence electrons. The van der Waals surface area contributed by atoms with Crippen molar-refractivity contribution in [2.45, 2.75) is 46.1 Å². The molecule has 0 aliphatic rings. The number of methoxy groups -OCH3 is 1. The number of fused-ring (bicyclic) bond motifs is 1. The van der Waals surface area contributed by atoms with E-state index in [2.05, 4.69) is 39.1 Å². The molecule has 0 aliphatic heterocycles. The van der Waals surface area contributed by atoms with Gasteiger partial charge in [-0.2, -0.15) is 0 Å². The molecule has 0 bridgehead atoms. The molecule has 3 aromatic rings. The minimum absolute atomic E-state index is 0.254. The molecule has 0 amide bonds. The van der Waals surface area contributed by atoms with Crippen LogP contribution in [0, 0.1) is 6.92 Å². The Morgan fingerprint density at radius 1 is 1.15 bits per heavy atom. The predicted molar refractivity (Wildman–Crippen MR) is 109 cm³/mol. The summed E-state index contributed by atoms with van der Waals surface area (Å²) in [7, 11) is 3.72. The number of pyridine rings is 1. The third-order valence-corrected chi connectivity index (χ3v) is 4.98. The van der Waals surface area contributed by atoms with Gasteiger partial charge in [-0.25, -0.2) is 9.97 Å². The number of nitrogens with two attached hydrogens (primary N) is 1. The fourth-order valence-electron chi connectivity index (χ4n) is 3.45. The Bertz CT molecular complexity index is 961. The number of hydrogen-bond donors (Lipinski definition) is 1. The molecule has 0 saturated carbocycles. The maximum Gasteiger partial charge on any atom is 0.159 e. The molecule has 0 aliphatic carbocycles. The van der Waals surface area contributed by atoms with Crippen LogP contribution in [0.25, 0.3) is 22.4 Å². The van der Waals surface area contributed by atoms with Gasteiger partial charge < -0.3 is 15.0 Å². The van der Waals surface area contributed by atoms with E-state index in [0.717, 1.165) is 45.1 Å². The standard InChI is InChI=1S/C21H29N5O/c1-12(2)17-8-7-15(18(9-22)24-17)19-14(4)23-20-16(13(3)11-27-6)10-26(5)21(20)25-19/h7-8,10,12-13H,9,11,22H2,1-6H3. The highest BCUT2D eigenvalue weighted by Gasteiger charge is 2.19. The van der Waals surface area contributed by atoms with E-state index < -0.39 is 0 Å². The van der Waals surface area contributed by atoms with Crippen molar-refractivity contribution in [3.05, 3.63) is 41.0 Å². The predicted octanol–water partition coefficient (Wildman–Crippen LogP) is 3.67. The summed E-state index contributed by atoms with van der Waals surface area (Å²) in [4.78, 5) is 14.6. The third-order valence-electron chi connectivity index (χ3n) is 4.98. The van der Waals surface area contributed by atoms with Crippen LogP contribution in [-0.2, 0) is 18.3 Å². The number of ether oxygens (including phenoxy) is 1. The fourth-order valence-corrected chi connectivity index (χ4v) is 3.45. The van der Waals surface area contributed by atoms with Gasteiger partial charge in [0.05, 0.1) is 23.7 Å². The highest BCUT2D eigenvalue weighted by Crippen LogP contribution is 2.30. The van der Waals surface area contributed by atoms with Gasteiger partial charge in [-0.3, -0.25) is 4.98 Å². The molecule has 3 aromatic heterocycles. The van der Waals surface area contributed by atoms with Gasteiger partial charge in [0.2, 0.25) is 0 Å². The molecule has 3 heterocycles. The Labute approximate surface area is 160 Å². The van der Waals surface area contributed by atoms with Crippen LogP contribution < -0.4 is 5.73 Å². The van der Waals surface area contributed by atoms with Gasteiger partial charge in [-0.15, -0.1) is 0 Å². The largest absolute Gasteiger partial charge is 0.384 e. The van der Waals surface area contributed by atoms with E-state index in [1.165, 1.54) is 0 Å². The highest BCUT2D eigenvalue weighted by atomic mass is 16.5. The van der Waals surface area contributed by atoms with E-state index in [1.807, 2.05) is 18.5 Å². The van der Waals surface area contributed by atoms with Crippen LogP contribution in [0.15, 0.2) is 18.3 Å². The van der Waals surface area contributed by atoms with Crippen LogP contribution in [0.4, 0.5) is 0 Å². The van der Waals surface area contributed by atoms with E-state index in [0.29, 0.717) is 19.1 Å².